The lowest BCUT2D eigenvalue weighted by Crippen LogP contribution is -2.54. The molecule has 1 aromatic heterocycles. The van der Waals surface area contributed by atoms with Crippen LogP contribution in [0.15, 0.2) is 0 Å². The third kappa shape index (κ3) is 5.59. The second kappa shape index (κ2) is 9.59. The molecule has 1 saturated heterocycles. The van der Waals surface area contributed by atoms with Crippen LogP contribution in [-0.2, 0) is 19.2 Å². The summed E-state index contributed by atoms with van der Waals surface area (Å²) in [5.74, 6) is -2.62. The van der Waals surface area contributed by atoms with Gasteiger partial charge in [-0.2, -0.15) is 0 Å². The maximum absolute atomic E-state index is 12.8. The summed E-state index contributed by atoms with van der Waals surface area (Å²) in [6, 6.07) is -2.84. The summed E-state index contributed by atoms with van der Waals surface area (Å²) in [4.78, 5) is 65.4. The Labute approximate surface area is 171 Å². The summed E-state index contributed by atoms with van der Waals surface area (Å²) in [5.41, 5.74) is 0.585. The fourth-order valence-corrected chi connectivity index (χ4v) is 4.04. The number of amides is 3. The quantitative estimate of drug-likeness (QED) is 0.499. The van der Waals surface area contributed by atoms with Crippen molar-refractivity contribution < 1.29 is 29.1 Å². The normalized spacial score (nSPS) is 18.0. The molecule has 0 aliphatic carbocycles. The number of nitrogens with zero attached hydrogens (tertiary/aromatic N) is 2. The van der Waals surface area contributed by atoms with E-state index in [0.717, 1.165) is 5.01 Å². The Kier molecular flexibility index (Phi) is 7.43. The van der Waals surface area contributed by atoms with Crippen molar-refractivity contribution in [2.75, 3.05) is 6.54 Å². The molecule has 0 radical (unpaired) electrons. The number of carbonyl (C=O) groups is 5. The Morgan fingerprint density at radius 2 is 2.00 bits per heavy atom. The minimum atomic E-state index is -1.22. The van der Waals surface area contributed by atoms with E-state index in [1.807, 2.05) is 0 Å². The number of carbonyl (C=O) groups excluding carboxylic acids is 4. The van der Waals surface area contributed by atoms with Crippen LogP contribution >= 0.6 is 11.3 Å². The van der Waals surface area contributed by atoms with E-state index in [-0.39, 0.29) is 0 Å². The van der Waals surface area contributed by atoms with Crippen molar-refractivity contribution in [1.29, 1.82) is 0 Å². The molecule has 0 aromatic carbocycles. The van der Waals surface area contributed by atoms with E-state index < -0.39 is 48.2 Å². The topological polar surface area (TPSA) is 146 Å². The van der Waals surface area contributed by atoms with E-state index >= 15 is 0 Å². The molecule has 1 aliphatic heterocycles. The van der Waals surface area contributed by atoms with Crippen molar-refractivity contribution >= 4 is 41.3 Å². The Balaban J connectivity index is 2.01. The number of aromatic nitrogens is 1. The van der Waals surface area contributed by atoms with Gasteiger partial charge in [0.2, 0.25) is 11.8 Å². The van der Waals surface area contributed by atoms with Gasteiger partial charge in [-0.15, -0.1) is 11.3 Å². The standard InChI is InChI=1S/C18H24N4O6S/c1-9-15(29-11(3)19-9)17(27)20-10(2)18(28)22-6-4-5-13(22)16(26)21-12(8-23)7-14(24)25/h8,10,12-13H,4-7H2,1-3H3,(H,20,27)(H,21,26)(H,24,25)/t10-,12-,13-/m0/s1. The average Bonchev–Trinajstić information content (AvgIpc) is 3.26. The number of aldehydes is 1. The van der Waals surface area contributed by atoms with Crippen molar-refractivity contribution in [1.82, 2.24) is 20.5 Å². The first-order chi connectivity index (χ1) is 13.6. The van der Waals surface area contributed by atoms with Gasteiger partial charge in [-0.25, -0.2) is 4.98 Å². The number of thiazole rings is 1. The van der Waals surface area contributed by atoms with Gasteiger partial charge in [0.05, 0.1) is 23.2 Å². The van der Waals surface area contributed by atoms with Gasteiger partial charge in [-0.1, -0.05) is 0 Å². The fourth-order valence-electron chi connectivity index (χ4n) is 3.22. The molecule has 0 spiro atoms. The van der Waals surface area contributed by atoms with Crippen LogP contribution in [0.25, 0.3) is 0 Å². The van der Waals surface area contributed by atoms with Crippen LogP contribution in [0.4, 0.5) is 0 Å². The van der Waals surface area contributed by atoms with Crippen molar-refractivity contribution in [3.05, 3.63) is 15.6 Å². The molecule has 1 aromatic rings. The number of nitrogens with one attached hydrogen (secondary N) is 2. The maximum atomic E-state index is 12.8. The number of hydrogen-bond donors (Lipinski definition) is 3. The zero-order valence-corrected chi connectivity index (χ0v) is 17.2. The van der Waals surface area contributed by atoms with Gasteiger partial charge in [0.1, 0.15) is 23.2 Å². The molecule has 3 atom stereocenters. The highest BCUT2D eigenvalue weighted by Crippen LogP contribution is 2.20. The molecule has 3 amide bonds. The van der Waals surface area contributed by atoms with E-state index in [2.05, 4.69) is 15.6 Å². The van der Waals surface area contributed by atoms with Gasteiger partial charge in [0.25, 0.3) is 5.91 Å². The van der Waals surface area contributed by atoms with Gasteiger partial charge < -0.3 is 25.4 Å². The Bertz CT molecular complexity index is 823. The van der Waals surface area contributed by atoms with E-state index in [9.17, 15) is 24.0 Å². The van der Waals surface area contributed by atoms with Crippen LogP contribution in [0.3, 0.4) is 0 Å². The van der Waals surface area contributed by atoms with E-state index in [4.69, 9.17) is 5.11 Å². The van der Waals surface area contributed by atoms with E-state index in [1.54, 1.807) is 13.8 Å². The van der Waals surface area contributed by atoms with Gasteiger partial charge in [-0.3, -0.25) is 19.2 Å². The smallest absolute Gasteiger partial charge is 0.305 e. The molecule has 158 valence electrons. The SMILES string of the molecule is Cc1nc(C)c(C(=O)N[C@@H](C)C(=O)N2CCC[C@H]2C(=O)N[C@H](C=O)CC(=O)O)s1. The summed E-state index contributed by atoms with van der Waals surface area (Å²) in [6.07, 6.45) is 0.803. The summed E-state index contributed by atoms with van der Waals surface area (Å²) in [5, 5.41) is 14.5. The Morgan fingerprint density at radius 3 is 2.55 bits per heavy atom. The molecule has 2 rings (SSSR count). The van der Waals surface area contributed by atoms with Crippen LogP contribution in [-0.4, -0.2) is 69.6 Å². The molecule has 3 N–H and O–H groups in total. The number of carboxylic acid groups (broad SMARTS) is 1. The van der Waals surface area contributed by atoms with Gasteiger partial charge >= 0.3 is 5.97 Å². The molecular formula is C18H24N4O6S. The number of likely N-dealkylation sites (tertiary alicyclic amines) is 1. The number of rotatable bonds is 8. The molecule has 0 unspecified atom stereocenters. The lowest BCUT2D eigenvalue weighted by Gasteiger charge is -2.27. The lowest BCUT2D eigenvalue weighted by molar-refractivity contribution is -0.141. The second-order valence-electron chi connectivity index (χ2n) is 6.88. The van der Waals surface area contributed by atoms with E-state index in [1.165, 1.54) is 23.2 Å². The summed E-state index contributed by atoms with van der Waals surface area (Å²) in [6.45, 7) is 5.37. The average molecular weight is 424 g/mol. The molecule has 11 heteroatoms. The molecule has 1 fully saturated rings. The van der Waals surface area contributed by atoms with Crippen LogP contribution in [0, 0.1) is 13.8 Å². The minimum absolute atomic E-state index is 0.334. The second-order valence-corrected chi connectivity index (χ2v) is 8.08. The van der Waals surface area contributed by atoms with Crippen molar-refractivity contribution in [3.63, 3.8) is 0 Å². The van der Waals surface area contributed by atoms with Crippen LogP contribution in [0.2, 0.25) is 0 Å². The van der Waals surface area contributed by atoms with Crippen molar-refractivity contribution in [2.24, 2.45) is 0 Å². The maximum Gasteiger partial charge on any atom is 0.305 e. The molecule has 0 bridgehead atoms. The van der Waals surface area contributed by atoms with E-state index in [0.29, 0.717) is 36.2 Å². The largest absolute Gasteiger partial charge is 0.481 e. The minimum Gasteiger partial charge on any atom is -0.481 e. The van der Waals surface area contributed by atoms with Gasteiger partial charge in [0, 0.05) is 6.54 Å². The molecule has 10 nitrogen and oxygen atoms in total. The Morgan fingerprint density at radius 1 is 1.31 bits per heavy atom. The fraction of sp³-hybridized carbons (Fsp3) is 0.556. The highest BCUT2D eigenvalue weighted by molar-refractivity contribution is 7.13. The monoisotopic (exact) mass is 424 g/mol. The first-order valence-corrected chi connectivity index (χ1v) is 9.98. The zero-order valence-electron chi connectivity index (χ0n) is 16.4. The predicted molar refractivity (Wildman–Crippen MR) is 103 cm³/mol. The zero-order chi connectivity index (χ0) is 21.7. The van der Waals surface area contributed by atoms with Gasteiger partial charge in [-0.05, 0) is 33.6 Å². The first-order valence-electron chi connectivity index (χ1n) is 9.16. The molecular weight excluding hydrogens is 400 g/mol. The molecule has 0 saturated carbocycles. The molecule has 29 heavy (non-hydrogen) atoms. The van der Waals surface area contributed by atoms with Gasteiger partial charge in [0.15, 0.2) is 0 Å². The summed E-state index contributed by atoms with van der Waals surface area (Å²) < 4.78 is 0. The number of aryl methyl sites for hydroxylation is 2. The first kappa shape index (κ1) is 22.5. The highest BCUT2D eigenvalue weighted by Gasteiger charge is 2.37. The Hall–Kier alpha value is -2.82. The number of aliphatic carboxylic acids is 1. The lowest BCUT2D eigenvalue weighted by atomic mass is 10.1. The van der Waals surface area contributed by atoms with Crippen LogP contribution in [0.1, 0.15) is 46.6 Å². The predicted octanol–water partition coefficient (Wildman–Crippen LogP) is 0.0276. The highest BCUT2D eigenvalue weighted by atomic mass is 32.1. The van der Waals surface area contributed by atoms with Crippen LogP contribution in [0.5, 0.6) is 0 Å². The molecule has 1 aliphatic rings. The van der Waals surface area contributed by atoms with Crippen molar-refractivity contribution in [3.8, 4) is 0 Å². The van der Waals surface area contributed by atoms with Crippen molar-refractivity contribution in [2.45, 2.75) is 58.2 Å². The number of hydrogen-bond acceptors (Lipinski definition) is 7. The van der Waals surface area contributed by atoms with Crippen LogP contribution < -0.4 is 10.6 Å². The number of carboxylic acids is 1. The third-order valence-corrected chi connectivity index (χ3v) is 5.62. The third-order valence-electron chi connectivity index (χ3n) is 4.55. The summed E-state index contributed by atoms with van der Waals surface area (Å²) >= 11 is 1.23. The molecule has 2 heterocycles. The summed E-state index contributed by atoms with van der Waals surface area (Å²) in [7, 11) is 0.